The zero-order chi connectivity index (χ0) is 21.8. The van der Waals surface area contributed by atoms with E-state index in [0.29, 0.717) is 12.5 Å². The number of halogens is 3. The Morgan fingerprint density at radius 1 is 1.43 bits per heavy atom. The fourth-order valence-corrected chi connectivity index (χ4v) is 3.62. The highest BCUT2D eigenvalue weighted by molar-refractivity contribution is 5.73. The molecule has 0 saturated carbocycles. The number of aryl methyl sites for hydroxylation is 1. The Labute approximate surface area is 171 Å². The van der Waals surface area contributed by atoms with Gasteiger partial charge in [0.25, 0.3) is 0 Å². The highest BCUT2D eigenvalue weighted by Crippen LogP contribution is 2.36. The summed E-state index contributed by atoms with van der Waals surface area (Å²) < 4.78 is 45.7. The van der Waals surface area contributed by atoms with E-state index < -0.39 is 12.1 Å². The average Bonchev–Trinajstić information content (AvgIpc) is 3.38. The van der Waals surface area contributed by atoms with E-state index >= 15 is 0 Å². The number of carboxylic acid groups (broad SMARTS) is 1. The van der Waals surface area contributed by atoms with Gasteiger partial charge in [-0.25, -0.2) is 9.78 Å². The third kappa shape index (κ3) is 5.92. The van der Waals surface area contributed by atoms with Crippen molar-refractivity contribution in [2.75, 3.05) is 19.7 Å². The fourth-order valence-electron chi connectivity index (χ4n) is 3.62. The molecule has 4 rings (SSSR count). The van der Waals surface area contributed by atoms with Crippen molar-refractivity contribution >= 4 is 5.97 Å². The van der Waals surface area contributed by atoms with Gasteiger partial charge in [-0.1, -0.05) is 6.07 Å². The van der Waals surface area contributed by atoms with E-state index in [1.807, 2.05) is 36.1 Å². The summed E-state index contributed by atoms with van der Waals surface area (Å²) in [7, 11) is 1.95. The lowest BCUT2D eigenvalue weighted by Crippen LogP contribution is -2.33. The van der Waals surface area contributed by atoms with Crippen molar-refractivity contribution in [1.29, 1.82) is 0 Å². The number of rotatable bonds is 4. The summed E-state index contributed by atoms with van der Waals surface area (Å²) in [4.78, 5) is 15.6. The van der Waals surface area contributed by atoms with Gasteiger partial charge in [0.15, 0.2) is 0 Å². The molecule has 4 heterocycles. The van der Waals surface area contributed by atoms with Gasteiger partial charge in [0.1, 0.15) is 6.10 Å². The molecule has 1 N–H and O–H groups in total. The van der Waals surface area contributed by atoms with Crippen molar-refractivity contribution in [2.24, 2.45) is 7.05 Å². The van der Waals surface area contributed by atoms with Gasteiger partial charge in [0.2, 0.25) is 5.88 Å². The SMILES string of the molecule is Cn1cc(CN2CC[C@]3(C[C@H](Oc4ccccn4)CO3)C2)cn1.O=C(O)C(F)(F)F. The second-order valence-corrected chi connectivity index (χ2v) is 7.39. The molecule has 30 heavy (non-hydrogen) atoms. The van der Waals surface area contributed by atoms with Crippen LogP contribution in [0.15, 0.2) is 36.8 Å². The Bertz CT molecular complexity index is 846. The number of carboxylic acids is 1. The minimum atomic E-state index is -5.08. The summed E-state index contributed by atoms with van der Waals surface area (Å²) in [6, 6.07) is 5.74. The van der Waals surface area contributed by atoms with Crippen molar-refractivity contribution in [3.8, 4) is 5.88 Å². The van der Waals surface area contributed by atoms with Gasteiger partial charge in [-0.3, -0.25) is 9.58 Å². The number of hydrogen-bond acceptors (Lipinski definition) is 6. The summed E-state index contributed by atoms with van der Waals surface area (Å²) in [5.74, 6) is -2.07. The minimum absolute atomic E-state index is 0.0539. The van der Waals surface area contributed by atoms with Crippen LogP contribution >= 0.6 is 0 Å². The molecule has 2 fully saturated rings. The molecule has 11 heteroatoms. The number of hydrogen-bond donors (Lipinski definition) is 1. The van der Waals surface area contributed by atoms with Crippen LogP contribution in [0.4, 0.5) is 13.2 Å². The summed E-state index contributed by atoms with van der Waals surface area (Å²) in [6.45, 7) is 3.61. The third-order valence-corrected chi connectivity index (χ3v) is 4.90. The first-order valence-corrected chi connectivity index (χ1v) is 9.37. The largest absolute Gasteiger partial charge is 0.490 e. The number of carbonyl (C=O) groups is 1. The van der Waals surface area contributed by atoms with Crippen LogP contribution < -0.4 is 4.74 Å². The molecule has 0 aliphatic carbocycles. The van der Waals surface area contributed by atoms with Crippen LogP contribution in [-0.4, -0.2) is 68.3 Å². The number of ether oxygens (including phenoxy) is 2. The molecule has 2 atom stereocenters. The lowest BCUT2D eigenvalue weighted by Gasteiger charge is -2.23. The van der Waals surface area contributed by atoms with Crippen molar-refractivity contribution in [3.63, 3.8) is 0 Å². The summed E-state index contributed by atoms with van der Waals surface area (Å²) in [5.41, 5.74) is 1.20. The maximum Gasteiger partial charge on any atom is 0.490 e. The molecule has 2 aromatic heterocycles. The number of pyridine rings is 1. The van der Waals surface area contributed by atoms with E-state index in [2.05, 4.69) is 21.2 Å². The Hall–Kier alpha value is -2.66. The van der Waals surface area contributed by atoms with Crippen LogP contribution in [-0.2, 0) is 23.1 Å². The topological polar surface area (TPSA) is 89.7 Å². The van der Waals surface area contributed by atoms with E-state index in [9.17, 15) is 13.2 Å². The molecule has 2 aliphatic rings. The molecule has 8 nitrogen and oxygen atoms in total. The van der Waals surface area contributed by atoms with Crippen LogP contribution in [0, 0.1) is 0 Å². The van der Waals surface area contributed by atoms with Gasteiger partial charge in [0.05, 0.1) is 18.4 Å². The monoisotopic (exact) mass is 428 g/mol. The van der Waals surface area contributed by atoms with E-state index in [4.69, 9.17) is 19.4 Å². The predicted molar refractivity (Wildman–Crippen MR) is 98.7 cm³/mol. The molecule has 0 aromatic carbocycles. The molecular weight excluding hydrogens is 405 g/mol. The van der Waals surface area contributed by atoms with Crippen molar-refractivity contribution in [2.45, 2.75) is 37.3 Å². The summed E-state index contributed by atoms with van der Waals surface area (Å²) in [6.07, 6.45) is 2.79. The molecule has 0 bridgehead atoms. The van der Waals surface area contributed by atoms with E-state index in [1.165, 1.54) is 5.56 Å². The molecule has 0 unspecified atom stereocenters. The number of alkyl halides is 3. The van der Waals surface area contributed by atoms with Crippen LogP contribution in [0.3, 0.4) is 0 Å². The van der Waals surface area contributed by atoms with Gasteiger partial charge >= 0.3 is 12.1 Å². The van der Waals surface area contributed by atoms with E-state index in [-0.39, 0.29) is 11.7 Å². The second kappa shape index (κ2) is 9.00. The first kappa shape index (κ1) is 22.0. The maximum absolute atomic E-state index is 10.6. The summed E-state index contributed by atoms with van der Waals surface area (Å²) in [5, 5.41) is 11.4. The van der Waals surface area contributed by atoms with Crippen molar-refractivity contribution < 1.29 is 32.5 Å². The highest BCUT2D eigenvalue weighted by Gasteiger charge is 2.46. The molecule has 2 saturated heterocycles. The zero-order valence-corrected chi connectivity index (χ0v) is 16.4. The Morgan fingerprint density at radius 2 is 2.20 bits per heavy atom. The van der Waals surface area contributed by atoms with E-state index in [0.717, 1.165) is 32.5 Å². The summed E-state index contributed by atoms with van der Waals surface area (Å²) >= 11 is 0. The highest BCUT2D eigenvalue weighted by atomic mass is 19.4. The molecule has 2 aromatic rings. The average molecular weight is 428 g/mol. The number of aliphatic carboxylic acids is 1. The Kier molecular flexibility index (Phi) is 6.61. The maximum atomic E-state index is 10.6. The predicted octanol–water partition coefficient (Wildman–Crippen LogP) is 2.26. The smallest absolute Gasteiger partial charge is 0.475 e. The van der Waals surface area contributed by atoms with E-state index in [1.54, 1.807) is 6.20 Å². The zero-order valence-electron chi connectivity index (χ0n) is 16.4. The Balaban J connectivity index is 0.000000318. The van der Waals surface area contributed by atoms with Gasteiger partial charge < -0.3 is 14.6 Å². The quantitative estimate of drug-likeness (QED) is 0.799. The lowest BCUT2D eigenvalue weighted by atomic mass is 9.98. The van der Waals surface area contributed by atoms with Gasteiger partial charge in [0, 0.05) is 57.1 Å². The molecule has 0 amide bonds. The molecule has 1 spiro atoms. The van der Waals surface area contributed by atoms with Crippen molar-refractivity contribution in [3.05, 3.63) is 42.4 Å². The Morgan fingerprint density at radius 3 is 2.80 bits per heavy atom. The molecule has 164 valence electrons. The third-order valence-electron chi connectivity index (χ3n) is 4.90. The number of likely N-dealkylation sites (tertiary alicyclic amines) is 1. The molecule has 2 aliphatic heterocycles. The molecular formula is C19H23F3N4O4. The second-order valence-electron chi connectivity index (χ2n) is 7.39. The fraction of sp³-hybridized carbons (Fsp3) is 0.526. The molecule has 0 radical (unpaired) electrons. The van der Waals surface area contributed by atoms with Crippen molar-refractivity contribution in [1.82, 2.24) is 19.7 Å². The van der Waals surface area contributed by atoms with Gasteiger partial charge in [-0.05, 0) is 12.5 Å². The number of nitrogens with zero attached hydrogens (tertiary/aromatic N) is 4. The van der Waals surface area contributed by atoms with Crippen LogP contribution in [0.2, 0.25) is 0 Å². The standard InChI is InChI=1S/C17H22N4O2.C2HF3O2/c1-20-10-14(9-19-20)11-21-7-5-17(13-21)8-15(12-22-17)23-16-4-2-3-6-18-16;3-2(4,5)1(6)7/h2-4,6,9-10,15H,5,7-8,11-13H2,1H3;(H,6,7)/t15-,17-;/m0./s1. The van der Waals surface area contributed by atoms with Gasteiger partial charge in [-0.2, -0.15) is 18.3 Å². The van der Waals surface area contributed by atoms with Crippen LogP contribution in [0.5, 0.6) is 5.88 Å². The first-order chi connectivity index (χ1) is 14.2. The van der Waals surface area contributed by atoms with Crippen LogP contribution in [0.25, 0.3) is 0 Å². The normalized spacial score (nSPS) is 23.9. The minimum Gasteiger partial charge on any atom is -0.475 e. The lowest BCUT2D eigenvalue weighted by molar-refractivity contribution is -0.192. The first-order valence-electron chi connectivity index (χ1n) is 9.37. The van der Waals surface area contributed by atoms with Crippen LogP contribution in [0.1, 0.15) is 18.4 Å². The van der Waals surface area contributed by atoms with Gasteiger partial charge in [-0.15, -0.1) is 0 Å². The number of aromatic nitrogens is 3.